The van der Waals surface area contributed by atoms with E-state index in [1.807, 2.05) is 12.1 Å². The first-order valence-corrected chi connectivity index (χ1v) is 6.85. The van der Waals surface area contributed by atoms with Crippen molar-refractivity contribution in [3.63, 3.8) is 0 Å². The Morgan fingerprint density at radius 2 is 2.21 bits per heavy atom. The molecule has 19 heavy (non-hydrogen) atoms. The van der Waals surface area contributed by atoms with Crippen molar-refractivity contribution in [1.29, 1.82) is 0 Å². The van der Waals surface area contributed by atoms with E-state index in [4.69, 9.17) is 9.15 Å². The summed E-state index contributed by atoms with van der Waals surface area (Å²) in [5.41, 5.74) is 3.76. The van der Waals surface area contributed by atoms with Gasteiger partial charge in [0.15, 0.2) is 0 Å². The minimum absolute atomic E-state index is 0.200. The number of benzene rings is 1. The van der Waals surface area contributed by atoms with Crippen molar-refractivity contribution in [3.8, 4) is 0 Å². The van der Waals surface area contributed by atoms with Crippen LogP contribution in [0.2, 0.25) is 0 Å². The molecule has 0 spiro atoms. The second-order valence-electron chi connectivity index (χ2n) is 5.47. The van der Waals surface area contributed by atoms with Crippen molar-refractivity contribution in [2.75, 3.05) is 11.9 Å². The molecular formula is C16H17NO2. The van der Waals surface area contributed by atoms with Crippen LogP contribution in [0.3, 0.4) is 0 Å². The number of furan rings is 1. The van der Waals surface area contributed by atoms with E-state index >= 15 is 0 Å². The molecule has 2 aromatic rings. The zero-order valence-corrected chi connectivity index (χ0v) is 10.9. The van der Waals surface area contributed by atoms with Crippen LogP contribution in [0.4, 0.5) is 5.69 Å². The number of fused-ring (bicyclic) bond motifs is 3. The third-order valence-corrected chi connectivity index (χ3v) is 4.24. The standard InChI is InChI=1S/C16H17NO2/c1-10-4-5-13-12(9-10)16-11(6-8-19-16)15(17-13)14-3-2-7-18-14/h2-5,7,9,11,15-17H,6,8H2,1H3/t11-,15+,16+/m0/s1. The molecule has 4 rings (SSSR count). The van der Waals surface area contributed by atoms with Crippen LogP contribution in [0, 0.1) is 12.8 Å². The molecule has 0 radical (unpaired) electrons. The zero-order valence-electron chi connectivity index (χ0n) is 10.9. The maximum absolute atomic E-state index is 5.98. The Balaban J connectivity index is 1.80. The third-order valence-electron chi connectivity index (χ3n) is 4.24. The Morgan fingerprint density at radius 3 is 3.05 bits per heavy atom. The molecule has 98 valence electrons. The Hall–Kier alpha value is -1.74. The topological polar surface area (TPSA) is 34.4 Å². The smallest absolute Gasteiger partial charge is 0.126 e. The summed E-state index contributed by atoms with van der Waals surface area (Å²) in [5.74, 6) is 1.46. The van der Waals surface area contributed by atoms with Gasteiger partial charge in [-0.25, -0.2) is 0 Å². The van der Waals surface area contributed by atoms with E-state index in [1.54, 1.807) is 6.26 Å². The van der Waals surface area contributed by atoms with Crippen molar-refractivity contribution in [1.82, 2.24) is 0 Å². The van der Waals surface area contributed by atoms with Gasteiger partial charge < -0.3 is 14.5 Å². The normalized spacial score (nSPS) is 28.6. The highest BCUT2D eigenvalue weighted by molar-refractivity contribution is 5.57. The molecule has 0 saturated carbocycles. The van der Waals surface area contributed by atoms with E-state index in [1.165, 1.54) is 16.8 Å². The van der Waals surface area contributed by atoms with Gasteiger partial charge in [0.1, 0.15) is 5.76 Å². The summed E-state index contributed by atoms with van der Waals surface area (Å²) in [6.07, 6.45) is 3.02. The van der Waals surface area contributed by atoms with Gasteiger partial charge >= 0.3 is 0 Å². The van der Waals surface area contributed by atoms with Crippen LogP contribution in [0.5, 0.6) is 0 Å². The molecule has 3 nitrogen and oxygen atoms in total. The number of rotatable bonds is 1. The van der Waals surface area contributed by atoms with Crippen LogP contribution in [0.25, 0.3) is 0 Å². The van der Waals surface area contributed by atoms with Gasteiger partial charge in [-0.3, -0.25) is 0 Å². The Labute approximate surface area is 112 Å². The Bertz CT molecular complexity index is 591. The van der Waals surface area contributed by atoms with Gasteiger partial charge in [0.2, 0.25) is 0 Å². The highest BCUT2D eigenvalue weighted by Gasteiger charge is 2.42. The molecular weight excluding hydrogens is 238 g/mol. The van der Waals surface area contributed by atoms with Crippen LogP contribution in [0.1, 0.15) is 35.5 Å². The van der Waals surface area contributed by atoms with E-state index in [0.717, 1.165) is 18.8 Å². The summed E-state index contributed by atoms with van der Waals surface area (Å²) < 4.78 is 11.6. The predicted octanol–water partition coefficient (Wildman–Crippen LogP) is 3.83. The number of ether oxygens (including phenoxy) is 1. The molecule has 2 aliphatic heterocycles. The average Bonchev–Trinajstić information content (AvgIpc) is 3.09. The Morgan fingerprint density at radius 1 is 1.26 bits per heavy atom. The van der Waals surface area contributed by atoms with Crippen molar-refractivity contribution in [3.05, 3.63) is 53.5 Å². The highest BCUT2D eigenvalue weighted by atomic mass is 16.5. The summed E-state index contributed by atoms with van der Waals surface area (Å²) >= 11 is 0. The van der Waals surface area contributed by atoms with Gasteiger partial charge in [-0.2, -0.15) is 0 Å². The Kier molecular flexibility index (Phi) is 2.42. The molecule has 1 N–H and O–H groups in total. The van der Waals surface area contributed by atoms with Crippen molar-refractivity contribution < 1.29 is 9.15 Å². The maximum atomic E-state index is 5.98. The van der Waals surface area contributed by atoms with E-state index < -0.39 is 0 Å². The minimum atomic E-state index is 0.200. The molecule has 1 fully saturated rings. The lowest BCUT2D eigenvalue weighted by molar-refractivity contribution is 0.0807. The van der Waals surface area contributed by atoms with E-state index in [0.29, 0.717) is 5.92 Å². The van der Waals surface area contributed by atoms with Gasteiger partial charge in [0.05, 0.1) is 18.4 Å². The number of hydrogen-bond acceptors (Lipinski definition) is 3. The fraction of sp³-hybridized carbons (Fsp3) is 0.375. The molecule has 2 aliphatic rings. The zero-order chi connectivity index (χ0) is 12.8. The van der Waals surface area contributed by atoms with Gasteiger partial charge in [-0.15, -0.1) is 0 Å². The molecule has 0 bridgehead atoms. The van der Waals surface area contributed by atoms with Crippen molar-refractivity contribution >= 4 is 5.69 Å². The molecule has 3 atom stereocenters. The second kappa shape index (κ2) is 4.14. The lowest BCUT2D eigenvalue weighted by atomic mass is 9.82. The van der Waals surface area contributed by atoms with Crippen LogP contribution < -0.4 is 5.32 Å². The van der Waals surface area contributed by atoms with Crippen LogP contribution in [0.15, 0.2) is 41.0 Å². The fourth-order valence-corrected chi connectivity index (χ4v) is 3.34. The lowest BCUT2D eigenvalue weighted by Crippen LogP contribution is -2.29. The molecule has 0 aliphatic carbocycles. The second-order valence-corrected chi connectivity index (χ2v) is 5.47. The third kappa shape index (κ3) is 1.69. The molecule has 1 aromatic heterocycles. The SMILES string of the molecule is Cc1ccc2c(c1)[C@@H]1OCC[C@H]1[C@H](c1ccco1)N2. The molecule has 3 heterocycles. The lowest BCUT2D eigenvalue weighted by Gasteiger charge is -2.35. The summed E-state index contributed by atoms with van der Waals surface area (Å²) in [6.45, 7) is 2.96. The van der Waals surface area contributed by atoms with Crippen LogP contribution >= 0.6 is 0 Å². The van der Waals surface area contributed by atoms with Crippen molar-refractivity contribution in [2.24, 2.45) is 5.92 Å². The predicted molar refractivity (Wildman–Crippen MR) is 73.1 cm³/mol. The first kappa shape index (κ1) is 11.1. The first-order valence-electron chi connectivity index (χ1n) is 6.85. The van der Waals surface area contributed by atoms with E-state index in [9.17, 15) is 0 Å². The van der Waals surface area contributed by atoms with Crippen molar-refractivity contribution in [2.45, 2.75) is 25.5 Å². The fourth-order valence-electron chi connectivity index (χ4n) is 3.34. The molecule has 1 saturated heterocycles. The van der Waals surface area contributed by atoms with Gasteiger partial charge in [-0.05, 0) is 31.5 Å². The summed E-state index contributed by atoms with van der Waals surface area (Å²) in [7, 11) is 0. The average molecular weight is 255 g/mol. The molecule has 0 amide bonds. The number of nitrogens with one attached hydrogen (secondary N) is 1. The number of anilines is 1. The van der Waals surface area contributed by atoms with Crippen LogP contribution in [-0.4, -0.2) is 6.61 Å². The molecule has 1 aromatic carbocycles. The highest BCUT2D eigenvalue weighted by Crippen LogP contribution is 2.49. The molecule has 3 heteroatoms. The largest absolute Gasteiger partial charge is 0.467 e. The first-order chi connectivity index (χ1) is 9.33. The van der Waals surface area contributed by atoms with Gasteiger partial charge in [0.25, 0.3) is 0 Å². The number of hydrogen-bond donors (Lipinski definition) is 1. The summed E-state index contributed by atoms with van der Waals surface area (Å²) in [6, 6.07) is 10.7. The number of aryl methyl sites for hydroxylation is 1. The van der Waals surface area contributed by atoms with Gasteiger partial charge in [-0.1, -0.05) is 17.7 Å². The van der Waals surface area contributed by atoms with E-state index in [-0.39, 0.29) is 12.1 Å². The quantitative estimate of drug-likeness (QED) is 0.841. The molecule has 0 unspecified atom stereocenters. The van der Waals surface area contributed by atoms with E-state index in [2.05, 4.69) is 30.4 Å². The summed E-state index contributed by atoms with van der Waals surface area (Å²) in [5, 5.41) is 3.62. The monoisotopic (exact) mass is 255 g/mol. The minimum Gasteiger partial charge on any atom is -0.467 e. The van der Waals surface area contributed by atoms with Gasteiger partial charge in [0, 0.05) is 23.8 Å². The summed E-state index contributed by atoms with van der Waals surface area (Å²) in [4.78, 5) is 0. The maximum Gasteiger partial charge on any atom is 0.126 e. The van der Waals surface area contributed by atoms with Crippen LogP contribution in [-0.2, 0) is 4.74 Å².